The summed E-state index contributed by atoms with van der Waals surface area (Å²) < 4.78 is 13.0. The van der Waals surface area contributed by atoms with Crippen molar-refractivity contribution >= 4 is 23.4 Å². The van der Waals surface area contributed by atoms with Crippen LogP contribution >= 0.6 is 11.8 Å². The Bertz CT molecular complexity index is 775. The van der Waals surface area contributed by atoms with Crippen molar-refractivity contribution in [2.75, 3.05) is 19.6 Å². The maximum absolute atomic E-state index is 13.0. The fourth-order valence-electron chi connectivity index (χ4n) is 2.04. The van der Waals surface area contributed by atoms with E-state index < -0.39 is 0 Å². The number of halogens is 1. The minimum Gasteiger partial charge on any atom is -0.351 e. The molecule has 1 amide bonds. The third-order valence-corrected chi connectivity index (χ3v) is 4.33. The average molecular weight is 359 g/mol. The van der Waals surface area contributed by atoms with Crippen molar-refractivity contribution in [2.24, 2.45) is 5.11 Å². The highest BCUT2D eigenvalue weighted by molar-refractivity contribution is 7.99. The number of nitrogens with one attached hydrogen (secondary N) is 2. The second-order valence-corrected chi connectivity index (χ2v) is 6.15. The van der Waals surface area contributed by atoms with Crippen LogP contribution in [0.15, 0.2) is 57.4 Å². The van der Waals surface area contributed by atoms with Gasteiger partial charge in [-0.1, -0.05) is 23.8 Å². The van der Waals surface area contributed by atoms with Crippen molar-refractivity contribution in [3.63, 3.8) is 0 Å². The van der Waals surface area contributed by atoms with Crippen LogP contribution in [0, 0.1) is 5.82 Å². The van der Waals surface area contributed by atoms with Gasteiger partial charge in [-0.15, -0.1) is 0 Å². The molecule has 0 radical (unpaired) electrons. The number of nitrogens with zero attached hydrogens (tertiary/aromatic N) is 3. The Morgan fingerprint density at radius 2 is 2.00 bits per heavy atom. The number of carbonyl (C=O) groups is 1. The van der Waals surface area contributed by atoms with E-state index in [9.17, 15) is 9.18 Å². The van der Waals surface area contributed by atoms with Crippen LogP contribution in [0.3, 0.4) is 0 Å². The van der Waals surface area contributed by atoms with Crippen LogP contribution in [-0.2, 0) is 0 Å². The molecule has 0 saturated heterocycles. The van der Waals surface area contributed by atoms with E-state index in [1.165, 1.54) is 23.9 Å². The third-order valence-electron chi connectivity index (χ3n) is 3.25. The zero-order valence-corrected chi connectivity index (χ0v) is 14.5. The number of benzene rings is 2. The van der Waals surface area contributed by atoms with Gasteiger partial charge in [0.2, 0.25) is 0 Å². The second kappa shape index (κ2) is 9.68. The highest BCUT2D eigenvalue weighted by Gasteiger charge is 2.10. The van der Waals surface area contributed by atoms with E-state index in [4.69, 9.17) is 5.53 Å². The summed E-state index contributed by atoms with van der Waals surface area (Å²) in [6.07, 6.45) is 0. The highest BCUT2D eigenvalue weighted by atomic mass is 32.2. The van der Waals surface area contributed by atoms with Gasteiger partial charge in [-0.2, -0.15) is 0 Å². The molecule has 0 bridgehead atoms. The SMILES string of the molecule is CCNCCNC(=O)c1ccc(Sc2ccc(F)cc2)c(N=[N+]=[N-])c1. The molecule has 8 heteroatoms. The van der Waals surface area contributed by atoms with Gasteiger partial charge >= 0.3 is 0 Å². The molecule has 0 aliphatic heterocycles. The van der Waals surface area contributed by atoms with E-state index in [1.54, 1.807) is 30.3 Å². The van der Waals surface area contributed by atoms with Crippen molar-refractivity contribution in [2.45, 2.75) is 16.7 Å². The van der Waals surface area contributed by atoms with Gasteiger partial charge in [0.05, 0.1) is 5.69 Å². The van der Waals surface area contributed by atoms with Gasteiger partial charge in [0.25, 0.3) is 5.91 Å². The van der Waals surface area contributed by atoms with E-state index >= 15 is 0 Å². The Labute approximate surface area is 149 Å². The molecule has 6 nitrogen and oxygen atoms in total. The zero-order valence-electron chi connectivity index (χ0n) is 13.7. The first-order chi connectivity index (χ1) is 12.1. The van der Waals surface area contributed by atoms with Crippen LogP contribution in [0.1, 0.15) is 17.3 Å². The van der Waals surface area contributed by atoms with Crippen molar-refractivity contribution in [1.29, 1.82) is 0 Å². The first-order valence-corrected chi connectivity index (χ1v) is 8.57. The van der Waals surface area contributed by atoms with Crippen LogP contribution in [0.5, 0.6) is 0 Å². The standard InChI is InChI=1S/C17H18FN5OS/c1-2-20-9-10-21-17(24)12-3-8-16(15(11-12)22-23-19)25-14-6-4-13(18)5-7-14/h3-8,11,20H,2,9-10H2,1H3,(H,21,24). The number of hydrogen-bond donors (Lipinski definition) is 2. The Hall–Kier alpha value is -2.54. The summed E-state index contributed by atoms with van der Waals surface area (Å²) in [7, 11) is 0. The minimum atomic E-state index is -0.316. The predicted molar refractivity (Wildman–Crippen MR) is 96.6 cm³/mol. The summed E-state index contributed by atoms with van der Waals surface area (Å²) in [6.45, 7) is 4.03. The number of likely N-dealkylation sites (N-methyl/N-ethyl adjacent to an activating group) is 1. The first-order valence-electron chi connectivity index (χ1n) is 7.75. The lowest BCUT2D eigenvalue weighted by atomic mass is 10.2. The number of rotatable bonds is 8. The Morgan fingerprint density at radius 3 is 2.68 bits per heavy atom. The van der Waals surface area contributed by atoms with Gasteiger partial charge in [0.1, 0.15) is 5.82 Å². The summed E-state index contributed by atoms with van der Waals surface area (Å²) in [4.78, 5) is 16.5. The smallest absolute Gasteiger partial charge is 0.251 e. The van der Waals surface area contributed by atoms with E-state index in [2.05, 4.69) is 20.7 Å². The molecule has 0 aliphatic rings. The fraction of sp³-hybridized carbons (Fsp3) is 0.235. The largest absolute Gasteiger partial charge is 0.351 e. The Balaban J connectivity index is 2.15. The van der Waals surface area contributed by atoms with Gasteiger partial charge in [0, 0.05) is 33.4 Å². The van der Waals surface area contributed by atoms with Crippen LogP contribution < -0.4 is 10.6 Å². The van der Waals surface area contributed by atoms with E-state index in [0.29, 0.717) is 29.2 Å². The maximum Gasteiger partial charge on any atom is 0.251 e. The molecule has 2 rings (SSSR count). The normalized spacial score (nSPS) is 10.2. The topological polar surface area (TPSA) is 89.9 Å². The molecule has 0 atom stereocenters. The number of carbonyl (C=O) groups excluding carboxylic acids is 1. The van der Waals surface area contributed by atoms with Crippen LogP contribution in [0.4, 0.5) is 10.1 Å². The average Bonchev–Trinajstić information content (AvgIpc) is 2.62. The summed E-state index contributed by atoms with van der Waals surface area (Å²) in [5.41, 5.74) is 9.54. The molecular weight excluding hydrogens is 341 g/mol. The van der Waals surface area contributed by atoms with E-state index in [0.717, 1.165) is 11.4 Å². The molecule has 2 N–H and O–H groups in total. The van der Waals surface area contributed by atoms with Gasteiger partial charge in [-0.05, 0) is 54.5 Å². The molecule has 0 aliphatic carbocycles. The van der Waals surface area contributed by atoms with Crippen molar-refractivity contribution in [1.82, 2.24) is 10.6 Å². The third kappa shape index (κ3) is 5.79. The summed E-state index contributed by atoms with van der Waals surface area (Å²) in [5.74, 6) is -0.546. The number of amides is 1. The fourth-order valence-corrected chi connectivity index (χ4v) is 2.91. The molecule has 0 heterocycles. The van der Waals surface area contributed by atoms with Crippen molar-refractivity contribution in [3.05, 3.63) is 64.3 Å². The molecule has 0 saturated carbocycles. The summed E-state index contributed by atoms with van der Waals surface area (Å²) in [6, 6.07) is 10.9. The van der Waals surface area contributed by atoms with Crippen LogP contribution in [0.25, 0.3) is 10.4 Å². The highest BCUT2D eigenvalue weighted by Crippen LogP contribution is 2.36. The van der Waals surface area contributed by atoms with Crippen molar-refractivity contribution < 1.29 is 9.18 Å². The maximum atomic E-state index is 13.0. The summed E-state index contributed by atoms with van der Waals surface area (Å²) >= 11 is 1.33. The molecule has 130 valence electrons. The lowest BCUT2D eigenvalue weighted by Crippen LogP contribution is -2.31. The van der Waals surface area contributed by atoms with Crippen LogP contribution in [-0.4, -0.2) is 25.5 Å². The Morgan fingerprint density at radius 1 is 1.24 bits per heavy atom. The molecule has 2 aromatic rings. The second-order valence-electron chi connectivity index (χ2n) is 5.04. The molecule has 0 spiro atoms. The molecular formula is C17H18FN5OS. The first kappa shape index (κ1) is 18.8. The monoisotopic (exact) mass is 359 g/mol. The van der Waals surface area contributed by atoms with Gasteiger partial charge in [-0.25, -0.2) is 4.39 Å². The molecule has 25 heavy (non-hydrogen) atoms. The number of hydrogen-bond acceptors (Lipinski definition) is 4. The zero-order chi connectivity index (χ0) is 18.1. The Kier molecular flexibility index (Phi) is 7.28. The lowest BCUT2D eigenvalue weighted by Gasteiger charge is -2.09. The molecule has 0 fully saturated rings. The van der Waals surface area contributed by atoms with E-state index in [-0.39, 0.29) is 11.7 Å². The lowest BCUT2D eigenvalue weighted by molar-refractivity contribution is 0.0954. The molecule has 2 aromatic carbocycles. The van der Waals surface area contributed by atoms with Crippen LogP contribution in [0.2, 0.25) is 0 Å². The van der Waals surface area contributed by atoms with Gasteiger partial charge in [0.15, 0.2) is 0 Å². The predicted octanol–water partition coefficient (Wildman–Crippen LogP) is 4.26. The van der Waals surface area contributed by atoms with Gasteiger partial charge in [-0.3, -0.25) is 4.79 Å². The van der Waals surface area contributed by atoms with E-state index in [1.807, 2.05) is 6.92 Å². The van der Waals surface area contributed by atoms with Gasteiger partial charge < -0.3 is 10.6 Å². The molecule has 0 unspecified atom stereocenters. The number of azide groups is 1. The summed E-state index contributed by atoms with van der Waals surface area (Å²) in [5, 5.41) is 9.58. The quantitative estimate of drug-likeness (QED) is 0.319. The molecule has 0 aromatic heterocycles. The van der Waals surface area contributed by atoms with Crippen molar-refractivity contribution in [3.8, 4) is 0 Å². The minimum absolute atomic E-state index is 0.231.